The van der Waals surface area contributed by atoms with E-state index in [0.29, 0.717) is 18.7 Å². The third-order valence-electron chi connectivity index (χ3n) is 5.47. The molecule has 0 bridgehead atoms. The fourth-order valence-corrected chi connectivity index (χ4v) is 5.02. The molecule has 1 aliphatic rings. The van der Waals surface area contributed by atoms with Crippen LogP contribution in [0.25, 0.3) is 0 Å². The summed E-state index contributed by atoms with van der Waals surface area (Å²) in [4.78, 5) is 12.9. The van der Waals surface area contributed by atoms with Crippen molar-refractivity contribution in [3.8, 4) is 0 Å². The lowest BCUT2D eigenvalue weighted by atomic mass is 9.99. The number of carbonyl (C=O) groups excluding carboxylic acids is 1. The molecular formula is C22H28N2O3S. The van der Waals surface area contributed by atoms with Crippen LogP contribution in [0.4, 0.5) is 0 Å². The van der Waals surface area contributed by atoms with Crippen LogP contribution < -0.4 is 5.32 Å². The van der Waals surface area contributed by atoms with Gasteiger partial charge in [0.05, 0.1) is 10.9 Å². The standard InChI is InChI=1S/C22H28N2O3S/c1-4-21(19-8-7-16(2)17(3)15-19)23-22(25)18-9-11-20(12-10-18)28(26,27)24-13-5-6-14-24/h7-12,15,21H,4-6,13-14H2,1-3H3,(H,23,25)/t21-/m1/s1. The van der Waals surface area contributed by atoms with Crippen molar-refractivity contribution in [2.75, 3.05) is 13.1 Å². The second-order valence-corrected chi connectivity index (χ2v) is 9.35. The lowest BCUT2D eigenvalue weighted by molar-refractivity contribution is 0.0935. The number of benzene rings is 2. The Morgan fingerprint density at radius 1 is 1.04 bits per heavy atom. The molecule has 2 aromatic rings. The smallest absolute Gasteiger partial charge is 0.251 e. The van der Waals surface area contributed by atoms with Crippen molar-refractivity contribution in [2.24, 2.45) is 0 Å². The Kier molecular flexibility index (Phi) is 6.20. The predicted molar refractivity (Wildman–Crippen MR) is 111 cm³/mol. The summed E-state index contributed by atoms with van der Waals surface area (Å²) < 4.78 is 26.7. The van der Waals surface area contributed by atoms with Gasteiger partial charge in [-0.1, -0.05) is 25.1 Å². The first-order chi connectivity index (χ1) is 13.3. The van der Waals surface area contributed by atoms with Gasteiger partial charge in [-0.2, -0.15) is 4.31 Å². The summed E-state index contributed by atoms with van der Waals surface area (Å²) in [6.45, 7) is 7.30. The van der Waals surface area contributed by atoms with Crippen LogP contribution in [0.3, 0.4) is 0 Å². The van der Waals surface area contributed by atoms with Crippen LogP contribution in [0.5, 0.6) is 0 Å². The minimum absolute atomic E-state index is 0.0835. The van der Waals surface area contributed by atoms with Gasteiger partial charge < -0.3 is 5.32 Å². The van der Waals surface area contributed by atoms with Crippen molar-refractivity contribution in [3.05, 3.63) is 64.7 Å². The number of nitrogens with zero attached hydrogens (tertiary/aromatic N) is 1. The Balaban J connectivity index is 1.74. The minimum atomic E-state index is -3.46. The number of sulfonamides is 1. The Labute approximate surface area is 167 Å². The van der Waals surface area contributed by atoms with E-state index in [1.807, 2.05) is 13.0 Å². The highest BCUT2D eigenvalue weighted by molar-refractivity contribution is 7.89. The van der Waals surface area contributed by atoms with Gasteiger partial charge in [-0.25, -0.2) is 8.42 Å². The fraction of sp³-hybridized carbons (Fsp3) is 0.409. The fourth-order valence-electron chi connectivity index (χ4n) is 3.50. The lowest BCUT2D eigenvalue weighted by Gasteiger charge is -2.19. The van der Waals surface area contributed by atoms with Crippen LogP contribution >= 0.6 is 0 Å². The summed E-state index contributed by atoms with van der Waals surface area (Å²) in [7, 11) is -3.46. The van der Waals surface area contributed by atoms with E-state index in [0.717, 1.165) is 24.8 Å². The Morgan fingerprint density at radius 2 is 1.68 bits per heavy atom. The number of nitrogens with one attached hydrogen (secondary N) is 1. The van der Waals surface area contributed by atoms with Crippen molar-refractivity contribution in [2.45, 2.75) is 51.0 Å². The van der Waals surface area contributed by atoms with E-state index in [9.17, 15) is 13.2 Å². The average molecular weight is 401 g/mol. The second kappa shape index (κ2) is 8.45. The van der Waals surface area contributed by atoms with Gasteiger partial charge in [0.1, 0.15) is 0 Å². The lowest BCUT2D eigenvalue weighted by Crippen LogP contribution is -2.29. The normalized spacial score (nSPS) is 16.1. The highest BCUT2D eigenvalue weighted by Crippen LogP contribution is 2.23. The van der Waals surface area contributed by atoms with E-state index >= 15 is 0 Å². The third-order valence-corrected chi connectivity index (χ3v) is 7.38. The zero-order valence-electron chi connectivity index (χ0n) is 16.7. The first-order valence-electron chi connectivity index (χ1n) is 9.81. The molecule has 1 aliphatic heterocycles. The predicted octanol–water partition coefficient (Wildman–Crippen LogP) is 3.97. The monoisotopic (exact) mass is 400 g/mol. The van der Waals surface area contributed by atoms with Crippen LogP contribution in [0.2, 0.25) is 0 Å². The van der Waals surface area contributed by atoms with Gasteiger partial charge in [0, 0.05) is 18.7 Å². The summed E-state index contributed by atoms with van der Waals surface area (Å²) in [5.41, 5.74) is 3.95. The van der Waals surface area contributed by atoms with E-state index in [2.05, 4.69) is 31.3 Å². The highest BCUT2D eigenvalue weighted by atomic mass is 32.2. The van der Waals surface area contributed by atoms with E-state index < -0.39 is 10.0 Å². The number of rotatable bonds is 6. The molecule has 3 rings (SSSR count). The number of amides is 1. The maximum atomic E-state index is 12.7. The number of hydrogen-bond donors (Lipinski definition) is 1. The molecule has 0 spiro atoms. The molecule has 1 saturated heterocycles. The van der Waals surface area contributed by atoms with E-state index in [1.54, 1.807) is 12.1 Å². The summed E-state index contributed by atoms with van der Waals surface area (Å²) in [5.74, 6) is -0.199. The number of carbonyl (C=O) groups is 1. The molecule has 0 aliphatic carbocycles. The topological polar surface area (TPSA) is 66.5 Å². The van der Waals surface area contributed by atoms with Gasteiger partial charge in [-0.15, -0.1) is 0 Å². The number of aryl methyl sites for hydroxylation is 2. The highest BCUT2D eigenvalue weighted by Gasteiger charge is 2.27. The van der Waals surface area contributed by atoms with Crippen molar-refractivity contribution in [1.29, 1.82) is 0 Å². The molecule has 1 amide bonds. The first-order valence-corrected chi connectivity index (χ1v) is 11.2. The molecule has 1 heterocycles. The van der Waals surface area contributed by atoms with Crippen molar-refractivity contribution < 1.29 is 13.2 Å². The Bertz CT molecular complexity index is 946. The molecule has 6 heteroatoms. The molecule has 1 fully saturated rings. The van der Waals surface area contributed by atoms with Crippen molar-refractivity contribution in [3.63, 3.8) is 0 Å². The number of hydrogen-bond acceptors (Lipinski definition) is 3. The van der Waals surface area contributed by atoms with Crippen LogP contribution in [0.1, 0.15) is 59.3 Å². The van der Waals surface area contributed by atoms with Crippen LogP contribution in [0.15, 0.2) is 47.4 Å². The molecule has 5 nitrogen and oxygen atoms in total. The summed E-state index contributed by atoms with van der Waals surface area (Å²) in [6, 6.07) is 12.4. The summed E-state index contributed by atoms with van der Waals surface area (Å²) >= 11 is 0. The quantitative estimate of drug-likeness (QED) is 0.798. The van der Waals surface area contributed by atoms with E-state index in [4.69, 9.17) is 0 Å². The maximum absolute atomic E-state index is 12.7. The molecule has 1 atom stereocenters. The minimum Gasteiger partial charge on any atom is -0.345 e. The molecular weight excluding hydrogens is 372 g/mol. The van der Waals surface area contributed by atoms with Gasteiger partial charge >= 0.3 is 0 Å². The van der Waals surface area contributed by atoms with Crippen LogP contribution in [-0.4, -0.2) is 31.7 Å². The summed E-state index contributed by atoms with van der Waals surface area (Å²) in [5, 5.41) is 3.06. The van der Waals surface area contributed by atoms with Gasteiger partial charge in [-0.3, -0.25) is 4.79 Å². The van der Waals surface area contributed by atoms with Gasteiger partial charge in [0.25, 0.3) is 5.91 Å². The van der Waals surface area contributed by atoms with Crippen molar-refractivity contribution >= 4 is 15.9 Å². The van der Waals surface area contributed by atoms with E-state index in [1.165, 1.54) is 27.6 Å². The largest absolute Gasteiger partial charge is 0.345 e. The Hall–Kier alpha value is -2.18. The van der Waals surface area contributed by atoms with Crippen LogP contribution in [0, 0.1) is 13.8 Å². The molecule has 1 N–H and O–H groups in total. The third kappa shape index (κ3) is 4.28. The first kappa shape index (κ1) is 20.6. The van der Waals surface area contributed by atoms with Crippen molar-refractivity contribution in [1.82, 2.24) is 9.62 Å². The summed E-state index contributed by atoms with van der Waals surface area (Å²) in [6.07, 6.45) is 2.57. The van der Waals surface area contributed by atoms with Gasteiger partial charge in [-0.05, 0) is 74.1 Å². The molecule has 0 aromatic heterocycles. The van der Waals surface area contributed by atoms with E-state index in [-0.39, 0.29) is 16.8 Å². The molecule has 0 saturated carbocycles. The molecule has 150 valence electrons. The molecule has 0 radical (unpaired) electrons. The van der Waals surface area contributed by atoms with Gasteiger partial charge in [0.15, 0.2) is 0 Å². The Morgan fingerprint density at radius 3 is 2.25 bits per heavy atom. The zero-order chi connectivity index (χ0) is 20.3. The SMILES string of the molecule is CC[C@@H](NC(=O)c1ccc(S(=O)(=O)N2CCCC2)cc1)c1ccc(C)c(C)c1. The molecule has 0 unspecified atom stereocenters. The molecule has 2 aromatic carbocycles. The average Bonchev–Trinajstić information content (AvgIpc) is 3.24. The zero-order valence-corrected chi connectivity index (χ0v) is 17.6. The maximum Gasteiger partial charge on any atom is 0.251 e. The van der Waals surface area contributed by atoms with Crippen LogP contribution in [-0.2, 0) is 10.0 Å². The molecule has 28 heavy (non-hydrogen) atoms. The second-order valence-electron chi connectivity index (χ2n) is 7.41. The van der Waals surface area contributed by atoms with Gasteiger partial charge in [0.2, 0.25) is 10.0 Å².